The molecule has 0 unspecified atom stereocenters. The number of benzene rings is 1. The summed E-state index contributed by atoms with van der Waals surface area (Å²) in [5.41, 5.74) is 1.15. The number of halogens is 2. The summed E-state index contributed by atoms with van der Waals surface area (Å²) in [5.74, 6) is -0.828. The Hall–Kier alpha value is -3.01. The van der Waals surface area contributed by atoms with Crippen molar-refractivity contribution in [3.63, 3.8) is 0 Å². The molecule has 0 bridgehead atoms. The molecule has 3 aromatic rings. The predicted octanol–water partition coefficient (Wildman–Crippen LogP) is 2.81. The van der Waals surface area contributed by atoms with Crippen molar-refractivity contribution in [2.24, 2.45) is 0 Å². The van der Waals surface area contributed by atoms with E-state index in [0.717, 1.165) is 6.07 Å². The molecule has 0 aliphatic rings. The summed E-state index contributed by atoms with van der Waals surface area (Å²) in [6.07, 6.45) is 0.0848. The first kappa shape index (κ1) is 13.0. The van der Waals surface area contributed by atoms with E-state index in [1.165, 1.54) is 12.1 Å². The molecule has 0 spiro atoms. The first-order chi connectivity index (χ1) is 10.2. The van der Waals surface area contributed by atoms with Gasteiger partial charge in [0, 0.05) is 12.5 Å². The molecule has 2 aromatic heterocycles. The molecular formula is C14H8F2N4O. The van der Waals surface area contributed by atoms with Gasteiger partial charge in [-0.3, -0.25) is 0 Å². The Morgan fingerprint density at radius 1 is 1.24 bits per heavy atom. The molecule has 104 valence electrons. The Morgan fingerprint density at radius 2 is 2.10 bits per heavy atom. The molecule has 5 nitrogen and oxygen atoms in total. The number of aromatic nitrogens is 3. The van der Waals surface area contributed by atoms with Crippen molar-refractivity contribution >= 4 is 0 Å². The topological polar surface area (TPSA) is 78.5 Å². The van der Waals surface area contributed by atoms with Crippen LogP contribution in [0, 0.1) is 23.0 Å². The van der Waals surface area contributed by atoms with Gasteiger partial charge in [0.2, 0.25) is 0 Å². The molecule has 1 aromatic carbocycles. The fourth-order valence-electron chi connectivity index (χ4n) is 1.86. The van der Waals surface area contributed by atoms with E-state index >= 15 is 0 Å². The zero-order valence-corrected chi connectivity index (χ0v) is 10.6. The summed E-state index contributed by atoms with van der Waals surface area (Å²) in [6, 6.07) is 8.47. The summed E-state index contributed by atoms with van der Waals surface area (Å²) in [6.45, 7) is 0. The molecule has 0 aliphatic heterocycles. The quantitative estimate of drug-likeness (QED) is 0.803. The average Bonchev–Trinajstić information content (AvgIpc) is 3.10. The van der Waals surface area contributed by atoms with E-state index in [9.17, 15) is 8.78 Å². The highest BCUT2D eigenvalue weighted by Gasteiger charge is 2.13. The van der Waals surface area contributed by atoms with E-state index in [1.54, 1.807) is 12.1 Å². The summed E-state index contributed by atoms with van der Waals surface area (Å²) in [4.78, 5) is 6.90. The van der Waals surface area contributed by atoms with E-state index < -0.39 is 11.6 Å². The van der Waals surface area contributed by atoms with Gasteiger partial charge in [-0.15, -0.1) is 0 Å². The molecule has 0 aliphatic carbocycles. The first-order valence-electron chi connectivity index (χ1n) is 6.01. The Labute approximate surface area is 117 Å². The fourth-order valence-corrected chi connectivity index (χ4v) is 1.86. The predicted molar refractivity (Wildman–Crippen MR) is 68.0 cm³/mol. The van der Waals surface area contributed by atoms with Crippen LogP contribution in [0.1, 0.15) is 17.1 Å². The number of rotatable bonds is 3. The van der Waals surface area contributed by atoms with Crippen LogP contribution in [-0.2, 0) is 6.42 Å². The summed E-state index contributed by atoms with van der Waals surface area (Å²) in [7, 11) is 0. The van der Waals surface area contributed by atoms with Gasteiger partial charge in [-0.2, -0.15) is 10.2 Å². The van der Waals surface area contributed by atoms with Gasteiger partial charge in [-0.1, -0.05) is 11.2 Å². The molecule has 21 heavy (non-hydrogen) atoms. The summed E-state index contributed by atoms with van der Waals surface area (Å²) >= 11 is 0. The summed E-state index contributed by atoms with van der Waals surface area (Å²) in [5, 5.41) is 12.5. The van der Waals surface area contributed by atoms with Crippen molar-refractivity contribution in [3.8, 4) is 17.7 Å². The molecular weight excluding hydrogens is 278 g/mol. The average molecular weight is 286 g/mol. The highest BCUT2D eigenvalue weighted by atomic mass is 19.1. The fraction of sp³-hybridized carbons (Fsp3) is 0.0714. The lowest BCUT2D eigenvalue weighted by Crippen LogP contribution is -1.95. The minimum Gasteiger partial charge on any atom is -0.342 e. The van der Waals surface area contributed by atoms with Crippen LogP contribution in [0.5, 0.6) is 0 Å². The minimum absolute atomic E-state index is 0.0848. The summed E-state index contributed by atoms with van der Waals surface area (Å²) < 4.78 is 31.4. The lowest BCUT2D eigenvalue weighted by atomic mass is 10.1. The van der Waals surface area contributed by atoms with Crippen LogP contribution in [0.3, 0.4) is 0 Å². The second-order valence-corrected chi connectivity index (χ2v) is 4.33. The van der Waals surface area contributed by atoms with Crippen LogP contribution in [0.4, 0.5) is 8.78 Å². The zero-order chi connectivity index (χ0) is 14.8. The van der Waals surface area contributed by atoms with Gasteiger partial charge in [0.25, 0.3) is 5.89 Å². The number of hydrogen-bond donors (Lipinski definition) is 1. The van der Waals surface area contributed by atoms with E-state index in [-0.39, 0.29) is 23.7 Å². The van der Waals surface area contributed by atoms with Crippen LogP contribution < -0.4 is 0 Å². The van der Waals surface area contributed by atoms with Gasteiger partial charge in [-0.05, 0) is 23.8 Å². The van der Waals surface area contributed by atoms with Crippen LogP contribution in [-0.4, -0.2) is 15.1 Å². The van der Waals surface area contributed by atoms with Crippen molar-refractivity contribution in [3.05, 3.63) is 59.0 Å². The largest absolute Gasteiger partial charge is 0.342 e. The van der Waals surface area contributed by atoms with Gasteiger partial charge in [0.15, 0.2) is 5.82 Å². The van der Waals surface area contributed by atoms with Crippen molar-refractivity contribution in [2.75, 3.05) is 0 Å². The highest BCUT2D eigenvalue weighted by molar-refractivity contribution is 5.49. The number of aromatic amines is 1. The lowest BCUT2D eigenvalue weighted by Gasteiger charge is -1.98. The van der Waals surface area contributed by atoms with Crippen LogP contribution in [0.25, 0.3) is 11.6 Å². The van der Waals surface area contributed by atoms with Crippen molar-refractivity contribution < 1.29 is 13.3 Å². The van der Waals surface area contributed by atoms with E-state index in [0.29, 0.717) is 11.4 Å². The van der Waals surface area contributed by atoms with Gasteiger partial charge in [-0.25, -0.2) is 8.78 Å². The maximum absolute atomic E-state index is 13.5. The zero-order valence-electron chi connectivity index (χ0n) is 10.6. The molecule has 7 heteroatoms. The molecule has 0 amide bonds. The second-order valence-electron chi connectivity index (χ2n) is 4.33. The van der Waals surface area contributed by atoms with Crippen molar-refractivity contribution in [2.45, 2.75) is 6.42 Å². The smallest absolute Gasteiger partial charge is 0.274 e. The number of nitrogens with one attached hydrogen (secondary N) is 1. The molecule has 2 heterocycles. The Bertz CT molecular complexity index is 832. The molecule has 3 rings (SSSR count). The molecule has 1 N–H and O–H groups in total. The molecule has 0 saturated carbocycles. The third kappa shape index (κ3) is 2.65. The van der Waals surface area contributed by atoms with Crippen LogP contribution in [0.15, 0.2) is 34.9 Å². The van der Waals surface area contributed by atoms with Crippen molar-refractivity contribution in [1.82, 2.24) is 15.1 Å². The third-order valence-electron chi connectivity index (χ3n) is 2.87. The monoisotopic (exact) mass is 286 g/mol. The highest BCUT2D eigenvalue weighted by Crippen LogP contribution is 2.18. The maximum Gasteiger partial charge on any atom is 0.274 e. The van der Waals surface area contributed by atoms with Crippen molar-refractivity contribution in [1.29, 1.82) is 5.26 Å². The number of nitrogens with zero attached hydrogens (tertiary/aromatic N) is 3. The minimum atomic E-state index is -0.659. The Balaban J connectivity index is 1.83. The van der Waals surface area contributed by atoms with Crippen LogP contribution in [0.2, 0.25) is 0 Å². The SMILES string of the molecule is N#Cc1ccc(-c2nc(Cc3ccc(F)cc3F)no2)[nH]1. The van der Waals surface area contributed by atoms with E-state index in [4.69, 9.17) is 9.78 Å². The second kappa shape index (κ2) is 5.17. The van der Waals surface area contributed by atoms with Gasteiger partial charge in [0.1, 0.15) is 29.1 Å². The maximum atomic E-state index is 13.5. The number of nitriles is 1. The van der Waals surface area contributed by atoms with Crippen LogP contribution >= 0.6 is 0 Å². The standard InChI is InChI=1S/C14H8F2N4O/c15-9-2-1-8(11(16)6-9)5-13-19-14(21-20-13)12-4-3-10(7-17)18-12/h1-4,6,18H,5H2. The number of H-pyrrole nitrogens is 1. The molecule has 0 atom stereocenters. The van der Waals surface area contributed by atoms with E-state index in [2.05, 4.69) is 15.1 Å². The molecule has 0 radical (unpaired) electrons. The van der Waals surface area contributed by atoms with E-state index in [1.807, 2.05) is 6.07 Å². The third-order valence-corrected chi connectivity index (χ3v) is 2.87. The molecule has 0 fully saturated rings. The Kier molecular flexibility index (Phi) is 3.20. The van der Waals surface area contributed by atoms with Gasteiger partial charge < -0.3 is 9.51 Å². The lowest BCUT2D eigenvalue weighted by molar-refractivity contribution is 0.422. The number of hydrogen-bond acceptors (Lipinski definition) is 4. The van der Waals surface area contributed by atoms with Gasteiger partial charge >= 0.3 is 0 Å². The first-order valence-corrected chi connectivity index (χ1v) is 6.01. The molecule has 0 saturated heterocycles. The van der Waals surface area contributed by atoms with Gasteiger partial charge in [0.05, 0.1) is 0 Å². The Morgan fingerprint density at radius 3 is 2.81 bits per heavy atom. The normalized spacial score (nSPS) is 10.5.